The normalized spacial score (nSPS) is 10.4. The van der Waals surface area contributed by atoms with Crippen molar-refractivity contribution in [2.75, 3.05) is 18.5 Å². The van der Waals surface area contributed by atoms with E-state index in [1.54, 1.807) is 18.2 Å². The van der Waals surface area contributed by atoms with Crippen molar-refractivity contribution in [1.29, 1.82) is 0 Å². The van der Waals surface area contributed by atoms with Gasteiger partial charge in [0.15, 0.2) is 0 Å². The number of hydrogen-bond acceptors (Lipinski definition) is 4. The predicted octanol–water partition coefficient (Wildman–Crippen LogP) is 2.15. The average molecular weight is 232 g/mol. The van der Waals surface area contributed by atoms with Gasteiger partial charge in [0.05, 0.1) is 16.9 Å². The molecule has 2 N–H and O–H groups in total. The topological polar surface area (TPSA) is 75.4 Å². The molecule has 88 valence electrons. The molecule has 0 bridgehead atoms. The average Bonchev–Trinajstić information content (AvgIpc) is 2.35. The van der Waals surface area contributed by atoms with Crippen LogP contribution in [0.15, 0.2) is 36.4 Å². The van der Waals surface area contributed by atoms with Gasteiger partial charge < -0.3 is 10.4 Å². The SMILES string of the molecule is O=[N+]([O-])c1c(NCCO)ccc2ccccc12. The first-order chi connectivity index (χ1) is 8.24. The van der Waals surface area contributed by atoms with Crippen LogP contribution in [0.5, 0.6) is 0 Å². The molecule has 0 saturated carbocycles. The van der Waals surface area contributed by atoms with Gasteiger partial charge in [-0.25, -0.2) is 0 Å². The molecule has 5 heteroatoms. The molecule has 2 rings (SSSR count). The highest BCUT2D eigenvalue weighted by molar-refractivity contribution is 5.96. The van der Waals surface area contributed by atoms with Crippen molar-refractivity contribution < 1.29 is 10.0 Å². The quantitative estimate of drug-likeness (QED) is 0.625. The van der Waals surface area contributed by atoms with Gasteiger partial charge in [0.1, 0.15) is 5.69 Å². The summed E-state index contributed by atoms with van der Waals surface area (Å²) in [6.07, 6.45) is 0. The number of nitrogens with one attached hydrogen (secondary N) is 1. The number of nitro groups is 1. The van der Waals surface area contributed by atoms with Crippen LogP contribution in [0, 0.1) is 10.1 Å². The zero-order valence-electron chi connectivity index (χ0n) is 9.09. The highest BCUT2D eigenvalue weighted by Gasteiger charge is 2.17. The molecule has 5 nitrogen and oxygen atoms in total. The molecule has 0 aliphatic rings. The molecule has 0 fully saturated rings. The third kappa shape index (κ3) is 2.19. The summed E-state index contributed by atoms with van der Waals surface area (Å²) in [6.45, 7) is 0.225. The molecule has 0 aliphatic carbocycles. The molecule has 0 spiro atoms. The van der Waals surface area contributed by atoms with Gasteiger partial charge in [-0.2, -0.15) is 0 Å². The molecule has 2 aromatic carbocycles. The van der Waals surface area contributed by atoms with Crippen LogP contribution in [0.1, 0.15) is 0 Å². The minimum atomic E-state index is -0.401. The molecule has 17 heavy (non-hydrogen) atoms. The third-order valence-electron chi connectivity index (χ3n) is 2.51. The summed E-state index contributed by atoms with van der Waals surface area (Å²) in [5.74, 6) is 0. The molecule has 0 aliphatic heterocycles. The molecular weight excluding hydrogens is 220 g/mol. The number of fused-ring (bicyclic) bond motifs is 1. The molecule has 0 radical (unpaired) electrons. The Morgan fingerprint density at radius 1 is 1.24 bits per heavy atom. The van der Waals surface area contributed by atoms with E-state index < -0.39 is 4.92 Å². The maximum Gasteiger partial charge on any atom is 0.300 e. The number of benzene rings is 2. The zero-order chi connectivity index (χ0) is 12.3. The van der Waals surface area contributed by atoms with Crippen molar-refractivity contribution in [3.8, 4) is 0 Å². The number of anilines is 1. The molecule has 0 unspecified atom stereocenters. The Morgan fingerprint density at radius 3 is 2.71 bits per heavy atom. The van der Waals surface area contributed by atoms with Crippen LogP contribution in [-0.4, -0.2) is 23.2 Å². The molecular formula is C12H12N2O3. The van der Waals surface area contributed by atoms with E-state index >= 15 is 0 Å². The zero-order valence-corrected chi connectivity index (χ0v) is 9.09. The van der Waals surface area contributed by atoms with Crippen LogP contribution < -0.4 is 5.32 Å². The fraction of sp³-hybridized carbons (Fsp3) is 0.167. The van der Waals surface area contributed by atoms with Gasteiger partial charge in [0.25, 0.3) is 5.69 Å². The number of nitro benzene ring substituents is 1. The van der Waals surface area contributed by atoms with Gasteiger partial charge in [0.2, 0.25) is 0 Å². The fourth-order valence-electron chi connectivity index (χ4n) is 1.79. The Kier molecular flexibility index (Phi) is 3.20. The smallest absolute Gasteiger partial charge is 0.300 e. The van der Waals surface area contributed by atoms with Crippen LogP contribution in [-0.2, 0) is 0 Å². The highest BCUT2D eigenvalue weighted by Crippen LogP contribution is 2.32. The summed E-state index contributed by atoms with van der Waals surface area (Å²) < 4.78 is 0. The van der Waals surface area contributed by atoms with Gasteiger partial charge in [-0.05, 0) is 17.5 Å². The van der Waals surface area contributed by atoms with E-state index in [2.05, 4.69) is 5.32 Å². The van der Waals surface area contributed by atoms with Gasteiger partial charge in [0, 0.05) is 6.54 Å². The van der Waals surface area contributed by atoms with Gasteiger partial charge >= 0.3 is 0 Å². The lowest BCUT2D eigenvalue weighted by atomic mass is 10.1. The maximum atomic E-state index is 11.1. The predicted molar refractivity (Wildman–Crippen MR) is 66.2 cm³/mol. The number of rotatable bonds is 4. The lowest BCUT2D eigenvalue weighted by Crippen LogP contribution is -2.07. The number of aliphatic hydroxyl groups is 1. The van der Waals surface area contributed by atoms with E-state index in [9.17, 15) is 10.1 Å². The van der Waals surface area contributed by atoms with Crippen LogP contribution >= 0.6 is 0 Å². The first-order valence-electron chi connectivity index (χ1n) is 5.25. The van der Waals surface area contributed by atoms with Crippen LogP contribution in [0.2, 0.25) is 0 Å². The van der Waals surface area contributed by atoms with Gasteiger partial charge in [-0.15, -0.1) is 0 Å². The van der Waals surface area contributed by atoms with Crippen molar-refractivity contribution >= 4 is 22.1 Å². The maximum absolute atomic E-state index is 11.1. The van der Waals surface area contributed by atoms with Crippen LogP contribution in [0.3, 0.4) is 0 Å². The summed E-state index contributed by atoms with van der Waals surface area (Å²) in [7, 11) is 0. The standard InChI is InChI=1S/C12H12N2O3/c15-8-7-13-11-6-5-9-3-1-2-4-10(9)12(11)14(16)17/h1-6,13,15H,7-8H2. The Balaban J connectivity index is 2.60. The first-order valence-corrected chi connectivity index (χ1v) is 5.25. The van der Waals surface area contributed by atoms with Crippen molar-refractivity contribution in [3.63, 3.8) is 0 Å². The minimum Gasteiger partial charge on any atom is -0.395 e. The van der Waals surface area contributed by atoms with Gasteiger partial charge in [-0.3, -0.25) is 10.1 Å². The fourth-order valence-corrected chi connectivity index (χ4v) is 1.79. The van der Waals surface area contributed by atoms with E-state index in [0.29, 0.717) is 17.6 Å². The summed E-state index contributed by atoms with van der Waals surface area (Å²) in [4.78, 5) is 10.7. The number of hydrogen-bond donors (Lipinski definition) is 2. The van der Waals surface area contributed by atoms with E-state index in [1.165, 1.54) is 0 Å². The molecule has 2 aromatic rings. The summed E-state index contributed by atoms with van der Waals surface area (Å²) >= 11 is 0. The second-order valence-corrected chi connectivity index (χ2v) is 3.59. The monoisotopic (exact) mass is 232 g/mol. The van der Waals surface area contributed by atoms with Crippen molar-refractivity contribution in [2.24, 2.45) is 0 Å². The first kappa shape index (κ1) is 11.3. The molecule has 0 aromatic heterocycles. The molecule has 0 atom stereocenters. The second-order valence-electron chi connectivity index (χ2n) is 3.59. The molecule has 0 saturated heterocycles. The second kappa shape index (κ2) is 4.80. The van der Waals surface area contributed by atoms with E-state index in [0.717, 1.165) is 5.39 Å². The van der Waals surface area contributed by atoms with Crippen molar-refractivity contribution in [1.82, 2.24) is 0 Å². The molecule has 0 heterocycles. The number of aliphatic hydroxyl groups excluding tert-OH is 1. The summed E-state index contributed by atoms with van der Waals surface area (Å²) in [5, 5.41) is 24.1. The minimum absolute atomic E-state index is 0.0524. The Morgan fingerprint density at radius 2 is 2.00 bits per heavy atom. The van der Waals surface area contributed by atoms with Gasteiger partial charge in [-0.1, -0.05) is 24.3 Å². The van der Waals surface area contributed by atoms with Crippen LogP contribution in [0.25, 0.3) is 10.8 Å². The van der Waals surface area contributed by atoms with E-state index in [-0.39, 0.29) is 12.3 Å². The largest absolute Gasteiger partial charge is 0.395 e. The summed E-state index contributed by atoms with van der Waals surface area (Å²) in [6, 6.07) is 10.6. The lowest BCUT2D eigenvalue weighted by molar-refractivity contribution is -0.382. The Hall–Kier alpha value is -2.14. The number of nitrogens with zero attached hydrogens (tertiary/aromatic N) is 1. The van der Waals surface area contributed by atoms with E-state index in [1.807, 2.05) is 18.2 Å². The lowest BCUT2D eigenvalue weighted by Gasteiger charge is -2.07. The highest BCUT2D eigenvalue weighted by atomic mass is 16.6. The van der Waals surface area contributed by atoms with Crippen molar-refractivity contribution in [2.45, 2.75) is 0 Å². The van der Waals surface area contributed by atoms with E-state index in [4.69, 9.17) is 5.11 Å². The van der Waals surface area contributed by atoms with Crippen molar-refractivity contribution in [3.05, 3.63) is 46.5 Å². The Bertz CT molecular complexity index is 554. The Labute approximate surface area is 97.8 Å². The van der Waals surface area contributed by atoms with Crippen LogP contribution in [0.4, 0.5) is 11.4 Å². The molecule has 0 amide bonds. The third-order valence-corrected chi connectivity index (χ3v) is 2.51. The summed E-state index contributed by atoms with van der Waals surface area (Å²) in [5.41, 5.74) is 0.485.